The van der Waals surface area contributed by atoms with E-state index >= 15 is 0 Å². The average Bonchev–Trinajstić information content (AvgIpc) is 3.10. The van der Waals surface area contributed by atoms with Crippen LogP contribution < -0.4 is 53.7 Å². The Bertz CT molecular complexity index is 1390. The molecule has 15 nitrogen and oxygen atoms in total. The Hall–Kier alpha value is -4.57. The molecule has 270 valence electrons. The summed E-state index contributed by atoms with van der Waals surface area (Å²) in [6, 6.07) is 6.61. The Morgan fingerprint density at radius 2 is 1.14 bits per heavy atom. The third-order valence-corrected chi connectivity index (χ3v) is 7.75. The highest BCUT2D eigenvalue weighted by molar-refractivity contribution is 6.05. The summed E-state index contributed by atoms with van der Waals surface area (Å²) in [5.41, 5.74) is 23.5. The molecule has 0 radical (unpaired) electrons. The lowest BCUT2D eigenvalue weighted by molar-refractivity contribution is -0.118. The summed E-state index contributed by atoms with van der Waals surface area (Å²) in [6.45, 7) is 1.39. The predicted octanol–water partition coefficient (Wildman–Crippen LogP) is 1.39. The number of nitrogens with one attached hydrogen (secondary N) is 4. The highest BCUT2D eigenvalue weighted by atomic mass is 16.5. The van der Waals surface area contributed by atoms with Crippen LogP contribution in [0.2, 0.25) is 0 Å². The Morgan fingerprint density at radius 3 is 1.63 bits per heavy atom. The molecule has 0 aliphatic carbocycles. The second-order valence-corrected chi connectivity index (χ2v) is 11.5. The number of anilines is 2. The van der Waals surface area contributed by atoms with E-state index in [1.807, 2.05) is 0 Å². The van der Waals surface area contributed by atoms with E-state index in [-0.39, 0.29) is 34.7 Å². The molecular weight excluding hydrogens is 632 g/mol. The van der Waals surface area contributed by atoms with Gasteiger partial charge in [0.15, 0.2) is 0 Å². The molecule has 0 fully saturated rings. The number of hydrogen-bond donors (Lipinski definition) is 8. The summed E-state index contributed by atoms with van der Waals surface area (Å²) in [4.78, 5) is 64.5. The van der Waals surface area contributed by atoms with Crippen molar-refractivity contribution in [2.75, 3.05) is 44.5 Å². The number of methoxy groups -OCH3 is 2. The second-order valence-electron chi connectivity index (χ2n) is 11.5. The van der Waals surface area contributed by atoms with Crippen molar-refractivity contribution in [2.24, 2.45) is 22.9 Å². The summed E-state index contributed by atoms with van der Waals surface area (Å²) < 4.78 is 10.7. The molecule has 3 atom stereocenters. The number of carbonyl (C=O) groups excluding carboxylic acids is 5. The van der Waals surface area contributed by atoms with Gasteiger partial charge in [0.2, 0.25) is 11.8 Å². The summed E-state index contributed by atoms with van der Waals surface area (Å²) in [7, 11) is 2.80. The number of carbonyl (C=O) groups is 5. The molecular formula is C34H52N8O7. The highest BCUT2D eigenvalue weighted by Crippen LogP contribution is 2.25. The number of rotatable bonds is 23. The molecule has 0 bridgehead atoms. The first-order valence-electron chi connectivity index (χ1n) is 16.5. The van der Waals surface area contributed by atoms with Gasteiger partial charge in [0, 0.05) is 11.4 Å². The van der Waals surface area contributed by atoms with E-state index < -0.39 is 41.8 Å². The van der Waals surface area contributed by atoms with Gasteiger partial charge in [0.25, 0.3) is 11.8 Å². The molecule has 49 heavy (non-hydrogen) atoms. The summed E-state index contributed by atoms with van der Waals surface area (Å²) >= 11 is 0. The van der Waals surface area contributed by atoms with Gasteiger partial charge in [-0.2, -0.15) is 0 Å². The summed E-state index contributed by atoms with van der Waals surface area (Å²) in [5, 5.41) is 10.9. The minimum atomic E-state index is -1.00. The first-order chi connectivity index (χ1) is 23.6. The fourth-order valence-electron chi connectivity index (χ4n) is 4.96. The highest BCUT2D eigenvalue weighted by Gasteiger charge is 2.25. The van der Waals surface area contributed by atoms with Gasteiger partial charge in [-0.3, -0.25) is 19.2 Å². The smallest absolute Gasteiger partial charge is 0.255 e. The van der Waals surface area contributed by atoms with Crippen molar-refractivity contribution in [1.82, 2.24) is 10.6 Å². The first kappa shape index (κ1) is 40.6. The van der Waals surface area contributed by atoms with Crippen molar-refractivity contribution in [3.8, 4) is 11.5 Å². The zero-order chi connectivity index (χ0) is 36.2. The maximum Gasteiger partial charge on any atom is 0.255 e. The van der Waals surface area contributed by atoms with Gasteiger partial charge in [-0.1, -0.05) is 6.42 Å². The quantitative estimate of drug-likeness (QED) is 0.0613. The van der Waals surface area contributed by atoms with Crippen LogP contribution in [0.25, 0.3) is 0 Å². The largest absolute Gasteiger partial charge is 0.496 e. The number of aldehydes is 1. The van der Waals surface area contributed by atoms with Crippen LogP contribution in [0.5, 0.6) is 11.5 Å². The summed E-state index contributed by atoms with van der Waals surface area (Å²) in [6.07, 6.45) is 5.81. The fourth-order valence-corrected chi connectivity index (χ4v) is 4.96. The lowest BCUT2D eigenvalue weighted by Gasteiger charge is -2.20. The molecule has 15 heteroatoms. The zero-order valence-electron chi connectivity index (χ0n) is 28.4. The lowest BCUT2D eigenvalue weighted by atomic mass is 10.1. The number of hydrogen-bond acceptors (Lipinski definition) is 11. The van der Waals surface area contributed by atoms with Crippen molar-refractivity contribution < 1.29 is 33.4 Å². The molecule has 12 N–H and O–H groups in total. The molecule has 0 saturated carbocycles. The van der Waals surface area contributed by atoms with Gasteiger partial charge in [0.1, 0.15) is 23.8 Å². The number of nitrogens with two attached hydrogens (primary N) is 4. The number of unbranched alkanes of at least 4 members (excludes halogenated alkanes) is 3. The maximum atomic E-state index is 13.6. The van der Waals surface area contributed by atoms with E-state index in [2.05, 4.69) is 21.3 Å². The third-order valence-electron chi connectivity index (χ3n) is 7.75. The van der Waals surface area contributed by atoms with Gasteiger partial charge in [0.05, 0.1) is 37.4 Å². The zero-order valence-corrected chi connectivity index (χ0v) is 28.4. The molecule has 2 aromatic carbocycles. The molecule has 0 aliphatic heterocycles. The minimum absolute atomic E-state index is 0.0910. The van der Waals surface area contributed by atoms with Gasteiger partial charge in [-0.25, -0.2) is 0 Å². The predicted molar refractivity (Wildman–Crippen MR) is 189 cm³/mol. The van der Waals surface area contributed by atoms with Crippen LogP contribution in [0.4, 0.5) is 11.4 Å². The molecule has 0 heterocycles. The van der Waals surface area contributed by atoms with E-state index in [9.17, 15) is 24.0 Å². The fraction of sp³-hybridized carbons (Fsp3) is 0.500. The van der Waals surface area contributed by atoms with Crippen LogP contribution >= 0.6 is 0 Å². The Kier molecular flexibility index (Phi) is 18.3. The second kappa shape index (κ2) is 22.1. The van der Waals surface area contributed by atoms with E-state index in [1.165, 1.54) is 38.5 Å². The van der Waals surface area contributed by atoms with Gasteiger partial charge < -0.3 is 58.5 Å². The SMILES string of the molecule is COc1ccc(NC(=O)[C@H](CCCCN)NC(=O)c2cc(NC(=O)[C@@H](N)CCCCN)ccc2OC)cc1C(=O)N[C@H](C=O)CCCCN. The number of benzene rings is 2. The standard InChI is InChI=1S/C34H52N8O7/c1-48-29-15-13-23(20-25(29)31(44)41-24(21-43)9-3-6-16-35)40-34(47)28(11-5-8-18-37)42-32(45)26-19-22(12-14-30(26)49-2)39-33(46)27(38)10-4-7-17-36/h12-15,19-21,24,27-28H,3-11,16-18,35-38H2,1-2H3,(H,39,46)(H,40,47)(H,41,44)(H,42,45)/t24-,27-,28-/m0/s1. The van der Waals surface area contributed by atoms with Crippen molar-refractivity contribution in [2.45, 2.75) is 75.9 Å². The lowest BCUT2D eigenvalue weighted by Crippen LogP contribution is -2.44. The van der Waals surface area contributed by atoms with Crippen LogP contribution in [0.3, 0.4) is 0 Å². The van der Waals surface area contributed by atoms with Gasteiger partial charge in [-0.15, -0.1) is 0 Å². The molecule has 2 rings (SSSR count). The summed E-state index contributed by atoms with van der Waals surface area (Å²) in [5.74, 6) is -1.65. The monoisotopic (exact) mass is 684 g/mol. The molecule has 0 unspecified atom stereocenters. The molecule has 0 aromatic heterocycles. The molecule has 2 aromatic rings. The van der Waals surface area contributed by atoms with E-state index in [0.29, 0.717) is 76.6 Å². The Morgan fingerprint density at radius 1 is 0.673 bits per heavy atom. The number of ether oxygens (including phenoxy) is 2. The Balaban J connectivity index is 2.26. The van der Waals surface area contributed by atoms with Crippen LogP contribution in [0.1, 0.15) is 78.5 Å². The maximum absolute atomic E-state index is 13.6. The minimum Gasteiger partial charge on any atom is -0.496 e. The normalized spacial score (nSPS) is 12.6. The molecule has 0 aliphatic rings. The van der Waals surface area contributed by atoms with E-state index in [1.54, 1.807) is 12.1 Å². The molecule has 0 spiro atoms. The third kappa shape index (κ3) is 13.5. The van der Waals surface area contributed by atoms with Crippen LogP contribution in [-0.2, 0) is 14.4 Å². The molecule has 0 saturated heterocycles. The van der Waals surface area contributed by atoms with Gasteiger partial charge in [-0.05, 0) is 107 Å². The average molecular weight is 685 g/mol. The van der Waals surface area contributed by atoms with E-state index in [0.717, 1.165) is 6.42 Å². The van der Waals surface area contributed by atoms with Crippen LogP contribution in [-0.4, -0.2) is 81.9 Å². The van der Waals surface area contributed by atoms with E-state index in [4.69, 9.17) is 32.4 Å². The van der Waals surface area contributed by atoms with Crippen molar-refractivity contribution in [3.05, 3.63) is 47.5 Å². The van der Waals surface area contributed by atoms with Crippen LogP contribution in [0.15, 0.2) is 36.4 Å². The van der Waals surface area contributed by atoms with Gasteiger partial charge >= 0.3 is 0 Å². The topological polar surface area (TPSA) is 256 Å². The van der Waals surface area contributed by atoms with Crippen molar-refractivity contribution in [1.29, 1.82) is 0 Å². The molecule has 4 amide bonds. The van der Waals surface area contributed by atoms with Crippen molar-refractivity contribution in [3.63, 3.8) is 0 Å². The number of amides is 4. The van der Waals surface area contributed by atoms with Crippen molar-refractivity contribution >= 4 is 41.3 Å². The Labute approximate surface area is 287 Å². The van der Waals surface area contributed by atoms with Crippen LogP contribution in [0, 0.1) is 0 Å². The first-order valence-corrected chi connectivity index (χ1v) is 16.5.